The fourth-order valence-corrected chi connectivity index (χ4v) is 0.900. The van der Waals surface area contributed by atoms with Crippen molar-refractivity contribution in [2.45, 2.75) is 13.8 Å². The summed E-state index contributed by atoms with van der Waals surface area (Å²) >= 11 is 0. The Morgan fingerprint density at radius 1 is 1.00 bits per heavy atom. The summed E-state index contributed by atoms with van der Waals surface area (Å²) < 4.78 is 0. The van der Waals surface area contributed by atoms with Gasteiger partial charge in [0.1, 0.15) is 0 Å². The Morgan fingerprint density at radius 3 is 1.64 bits per heavy atom. The molecule has 0 spiro atoms. The lowest BCUT2D eigenvalue weighted by Crippen LogP contribution is -2.12. The molecule has 0 atom stereocenters. The molecule has 2 amide bonds. The Kier molecular flexibility index (Phi) is 3.11. The lowest BCUT2D eigenvalue weighted by molar-refractivity contribution is -0.115. The number of anilines is 2. The van der Waals surface area contributed by atoms with Crippen molar-refractivity contribution in [2.24, 2.45) is 0 Å². The number of aromatic nitrogens is 2. The summed E-state index contributed by atoms with van der Waals surface area (Å²) in [7, 11) is 0. The summed E-state index contributed by atoms with van der Waals surface area (Å²) in [4.78, 5) is 21.6. The van der Waals surface area contributed by atoms with E-state index in [1.54, 1.807) is 0 Å². The van der Waals surface area contributed by atoms with Gasteiger partial charge in [0.2, 0.25) is 11.8 Å². The molecule has 0 saturated carbocycles. The molecule has 0 aromatic carbocycles. The summed E-state index contributed by atoms with van der Waals surface area (Å²) in [6.07, 6.45) is 2.74. The molecule has 0 aliphatic rings. The topological polar surface area (TPSA) is 84.0 Å². The number of rotatable bonds is 2. The Bertz CT molecular complexity index is 329. The van der Waals surface area contributed by atoms with Gasteiger partial charge in [-0.25, -0.2) is 0 Å². The van der Waals surface area contributed by atoms with Crippen LogP contribution in [0.4, 0.5) is 11.4 Å². The molecule has 0 aliphatic heterocycles. The van der Waals surface area contributed by atoms with E-state index in [0.717, 1.165) is 0 Å². The van der Waals surface area contributed by atoms with Crippen molar-refractivity contribution < 1.29 is 9.59 Å². The van der Waals surface area contributed by atoms with Crippen molar-refractivity contribution in [3.8, 4) is 0 Å². The highest BCUT2D eigenvalue weighted by atomic mass is 16.2. The molecule has 0 bridgehead atoms. The van der Waals surface area contributed by atoms with E-state index >= 15 is 0 Å². The van der Waals surface area contributed by atoms with Crippen LogP contribution in [0.1, 0.15) is 13.8 Å². The second-order valence-corrected chi connectivity index (χ2v) is 2.68. The van der Waals surface area contributed by atoms with E-state index in [0.29, 0.717) is 11.4 Å². The van der Waals surface area contributed by atoms with Gasteiger partial charge in [0, 0.05) is 13.8 Å². The molecule has 0 aliphatic carbocycles. The number of hydrogen-bond donors (Lipinski definition) is 2. The van der Waals surface area contributed by atoms with Gasteiger partial charge < -0.3 is 10.6 Å². The minimum Gasteiger partial charge on any atom is -0.323 e. The number of carbonyl (C=O) groups excluding carboxylic acids is 2. The van der Waals surface area contributed by atoms with Gasteiger partial charge in [-0.05, 0) is 0 Å². The maximum Gasteiger partial charge on any atom is 0.221 e. The number of amides is 2. The smallest absolute Gasteiger partial charge is 0.221 e. The number of hydrogen-bond acceptors (Lipinski definition) is 4. The Morgan fingerprint density at radius 2 is 1.36 bits per heavy atom. The number of nitrogens with one attached hydrogen (secondary N) is 2. The summed E-state index contributed by atoms with van der Waals surface area (Å²) in [5.41, 5.74) is 0.866. The molecular formula is C8H10N4O2. The zero-order chi connectivity index (χ0) is 10.6. The molecule has 1 rings (SSSR count). The van der Waals surface area contributed by atoms with Gasteiger partial charge in [0.05, 0.1) is 23.8 Å². The van der Waals surface area contributed by atoms with E-state index < -0.39 is 0 Å². The van der Waals surface area contributed by atoms with Gasteiger partial charge in [-0.3, -0.25) is 9.59 Å². The van der Waals surface area contributed by atoms with Crippen LogP contribution < -0.4 is 10.6 Å². The third-order valence-electron chi connectivity index (χ3n) is 1.35. The van der Waals surface area contributed by atoms with Gasteiger partial charge in [0.15, 0.2) is 0 Å². The lowest BCUT2D eigenvalue weighted by atomic mass is 10.3. The predicted molar refractivity (Wildman–Crippen MR) is 50.6 cm³/mol. The summed E-state index contributed by atoms with van der Waals surface area (Å²) in [6.45, 7) is 2.75. The molecule has 74 valence electrons. The Hall–Kier alpha value is -1.98. The largest absolute Gasteiger partial charge is 0.323 e. The molecule has 1 heterocycles. The zero-order valence-corrected chi connectivity index (χ0v) is 7.87. The monoisotopic (exact) mass is 194 g/mol. The summed E-state index contributed by atoms with van der Waals surface area (Å²) in [5, 5.41) is 12.2. The molecular weight excluding hydrogens is 184 g/mol. The normalized spacial score (nSPS) is 9.29. The average Bonchev–Trinajstić information content (AvgIpc) is 2.06. The van der Waals surface area contributed by atoms with Crippen LogP contribution >= 0.6 is 0 Å². The highest BCUT2D eigenvalue weighted by Crippen LogP contribution is 2.17. The van der Waals surface area contributed by atoms with Crippen LogP contribution in [-0.4, -0.2) is 22.0 Å². The van der Waals surface area contributed by atoms with Gasteiger partial charge in [-0.1, -0.05) is 0 Å². The van der Waals surface area contributed by atoms with E-state index in [9.17, 15) is 9.59 Å². The second-order valence-electron chi connectivity index (χ2n) is 2.68. The number of carbonyl (C=O) groups is 2. The molecule has 14 heavy (non-hydrogen) atoms. The van der Waals surface area contributed by atoms with E-state index in [1.807, 2.05) is 0 Å². The molecule has 0 unspecified atom stereocenters. The van der Waals surface area contributed by atoms with Gasteiger partial charge in [-0.15, -0.1) is 0 Å². The molecule has 0 saturated heterocycles. The van der Waals surface area contributed by atoms with Gasteiger partial charge >= 0.3 is 0 Å². The van der Waals surface area contributed by atoms with Gasteiger partial charge in [0.25, 0.3) is 0 Å². The molecule has 2 N–H and O–H groups in total. The van der Waals surface area contributed by atoms with Crippen LogP contribution in [0.2, 0.25) is 0 Å². The molecule has 6 nitrogen and oxygen atoms in total. The van der Waals surface area contributed by atoms with Crippen molar-refractivity contribution in [3.63, 3.8) is 0 Å². The zero-order valence-electron chi connectivity index (χ0n) is 7.87. The molecule has 0 fully saturated rings. The maximum atomic E-state index is 10.8. The van der Waals surface area contributed by atoms with Crippen LogP contribution in [0.25, 0.3) is 0 Å². The van der Waals surface area contributed by atoms with Gasteiger partial charge in [-0.2, -0.15) is 10.2 Å². The highest BCUT2D eigenvalue weighted by molar-refractivity contribution is 5.97. The fraction of sp³-hybridized carbons (Fsp3) is 0.250. The molecule has 1 aromatic heterocycles. The van der Waals surface area contributed by atoms with Crippen LogP contribution in [0.5, 0.6) is 0 Å². The maximum absolute atomic E-state index is 10.8. The standard InChI is InChI=1S/C8H10N4O2/c1-5(13)11-7-3-9-10-4-8(7)12-6(2)14/h3-4H,1-2H3,(H,10,11,13)(H,9,12,14). The number of nitrogens with zero attached hydrogens (tertiary/aromatic N) is 2. The van der Waals surface area contributed by atoms with E-state index in [1.165, 1.54) is 26.2 Å². The first kappa shape index (κ1) is 10.1. The molecule has 1 aromatic rings. The Balaban J connectivity index is 2.90. The van der Waals surface area contributed by atoms with E-state index in [4.69, 9.17) is 0 Å². The summed E-state index contributed by atoms with van der Waals surface area (Å²) in [6, 6.07) is 0. The van der Waals surface area contributed by atoms with Crippen LogP contribution in [0.3, 0.4) is 0 Å². The third-order valence-corrected chi connectivity index (χ3v) is 1.35. The van der Waals surface area contributed by atoms with Crippen molar-refractivity contribution in [2.75, 3.05) is 10.6 Å². The molecule has 6 heteroatoms. The quantitative estimate of drug-likeness (QED) is 0.713. The van der Waals surface area contributed by atoms with Crippen LogP contribution in [-0.2, 0) is 9.59 Å². The lowest BCUT2D eigenvalue weighted by Gasteiger charge is -2.07. The second kappa shape index (κ2) is 4.31. The van der Waals surface area contributed by atoms with E-state index in [-0.39, 0.29) is 11.8 Å². The van der Waals surface area contributed by atoms with Crippen molar-refractivity contribution in [1.82, 2.24) is 10.2 Å². The van der Waals surface area contributed by atoms with E-state index in [2.05, 4.69) is 20.8 Å². The SMILES string of the molecule is CC(=O)Nc1cnncc1NC(C)=O. The minimum atomic E-state index is -0.232. The predicted octanol–water partition coefficient (Wildman–Crippen LogP) is 0.393. The van der Waals surface area contributed by atoms with Crippen molar-refractivity contribution in [3.05, 3.63) is 12.4 Å². The average molecular weight is 194 g/mol. The third kappa shape index (κ3) is 2.81. The van der Waals surface area contributed by atoms with Crippen LogP contribution in [0, 0.1) is 0 Å². The summed E-state index contributed by atoms with van der Waals surface area (Å²) in [5.74, 6) is -0.464. The highest BCUT2D eigenvalue weighted by Gasteiger charge is 2.05. The van der Waals surface area contributed by atoms with Crippen LogP contribution in [0.15, 0.2) is 12.4 Å². The minimum absolute atomic E-state index is 0.232. The fourth-order valence-electron chi connectivity index (χ4n) is 0.900. The Labute approximate surface area is 80.7 Å². The first-order valence-electron chi connectivity index (χ1n) is 3.95. The van der Waals surface area contributed by atoms with Crippen molar-refractivity contribution in [1.29, 1.82) is 0 Å². The molecule has 0 radical (unpaired) electrons. The first-order valence-corrected chi connectivity index (χ1v) is 3.95. The van der Waals surface area contributed by atoms with Crippen molar-refractivity contribution >= 4 is 23.2 Å². The first-order chi connectivity index (χ1) is 6.59.